The molecule has 0 bridgehead atoms. The summed E-state index contributed by atoms with van der Waals surface area (Å²) in [5, 5.41) is 2.50. The van der Waals surface area contributed by atoms with Crippen molar-refractivity contribution in [1.29, 1.82) is 0 Å². The zero-order valence-electron chi connectivity index (χ0n) is 9.84. The maximum atomic E-state index is 5.75. The van der Waals surface area contributed by atoms with Crippen molar-refractivity contribution >= 4 is 16.5 Å². The van der Waals surface area contributed by atoms with Crippen LogP contribution in [0, 0.1) is 5.92 Å². The number of nitrogens with zero attached hydrogens (tertiary/aromatic N) is 2. The fraction of sp³-hybridized carbons (Fsp3) is 0.357. The quantitative estimate of drug-likeness (QED) is 0.853. The number of aromatic nitrogens is 1. The van der Waals surface area contributed by atoms with Crippen molar-refractivity contribution < 1.29 is 0 Å². The summed E-state index contributed by atoms with van der Waals surface area (Å²) >= 11 is 0. The Morgan fingerprint density at radius 1 is 1.35 bits per heavy atom. The Balaban J connectivity index is 2.00. The molecule has 1 aromatic carbocycles. The molecule has 3 rings (SSSR count). The summed E-state index contributed by atoms with van der Waals surface area (Å²) in [6.45, 7) is 2.97. The van der Waals surface area contributed by atoms with E-state index in [9.17, 15) is 0 Å². The van der Waals surface area contributed by atoms with E-state index in [-0.39, 0.29) is 0 Å². The molecule has 3 nitrogen and oxygen atoms in total. The lowest BCUT2D eigenvalue weighted by Crippen LogP contribution is -2.22. The van der Waals surface area contributed by atoms with Gasteiger partial charge in [0.05, 0.1) is 0 Å². The lowest BCUT2D eigenvalue weighted by Gasteiger charge is -2.20. The molecule has 0 aliphatic carbocycles. The largest absolute Gasteiger partial charge is 0.371 e. The van der Waals surface area contributed by atoms with Crippen LogP contribution in [0.5, 0.6) is 0 Å². The Morgan fingerprint density at radius 2 is 2.29 bits per heavy atom. The van der Waals surface area contributed by atoms with Crippen LogP contribution in [0.3, 0.4) is 0 Å². The van der Waals surface area contributed by atoms with E-state index in [1.54, 1.807) is 0 Å². The van der Waals surface area contributed by atoms with E-state index in [1.807, 2.05) is 12.4 Å². The van der Waals surface area contributed by atoms with E-state index in [4.69, 9.17) is 5.73 Å². The van der Waals surface area contributed by atoms with Crippen molar-refractivity contribution in [3.05, 3.63) is 36.7 Å². The second-order valence-corrected chi connectivity index (χ2v) is 4.71. The summed E-state index contributed by atoms with van der Waals surface area (Å²) in [5.74, 6) is 0.641. The zero-order valence-corrected chi connectivity index (χ0v) is 9.84. The van der Waals surface area contributed by atoms with E-state index in [2.05, 4.69) is 34.1 Å². The third-order valence-electron chi connectivity index (χ3n) is 3.62. The molecule has 88 valence electrons. The number of hydrogen-bond donors (Lipinski definition) is 1. The van der Waals surface area contributed by atoms with E-state index in [0.29, 0.717) is 5.92 Å². The lowest BCUT2D eigenvalue weighted by molar-refractivity contribution is 0.603. The standard InChI is InChI=1S/C14H17N3/c15-8-11-5-7-17(10-11)14-3-1-2-12-4-6-16-9-13(12)14/h1-4,6,9,11H,5,7-8,10,15H2. The molecule has 1 aliphatic rings. The van der Waals surface area contributed by atoms with Gasteiger partial charge in [0.2, 0.25) is 0 Å². The van der Waals surface area contributed by atoms with Gasteiger partial charge in [0.25, 0.3) is 0 Å². The minimum atomic E-state index is 0.641. The van der Waals surface area contributed by atoms with Gasteiger partial charge in [-0.2, -0.15) is 0 Å². The van der Waals surface area contributed by atoms with Crippen LogP contribution in [0.25, 0.3) is 10.8 Å². The highest BCUT2D eigenvalue weighted by Gasteiger charge is 2.22. The molecule has 2 aromatic rings. The maximum Gasteiger partial charge on any atom is 0.0461 e. The molecular formula is C14H17N3. The van der Waals surface area contributed by atoms with Gasteiger partial charge in [-0.25, -0.2) is 0 Å². The monoisotopic (exact) mass is 227 g/mol. The highest BCUT2D eigenvalue weighted by atomic mass is 15.2. The molecule has 0 spiro atoms. The number of benzene rings is 1. The summed E-state index contributed by atoms with van der Waals surface area (Å²) in [6, 6.07) is 8.50. The summed E-state index contributed by atoms with van der Waals surface area (Å²) < 4.78 is 0. The van der Waals surface area contributed by atoms with Crippen molar-refractivity contribution in [3.63, 3.8) is 0 Å². The van der Waals surface area contributed by atoms with Crippen LogP contribution in [-0.4, -0.2) is 24.6 Å². The average molecular weight is 227 g/mol. The van der Waals surface area contributed by atoms with E-state index < -0.39 is 0 Å². The minimum absolute atomic E-state index is 0.641. The van der Waals surface area contributed by atoms with Gasteiger partial charge < -0.3 is 10.6 Å². The summed E-state index contributed by atoms with van der Waals surface area (Å²) in [6.07, 6.45) is 5.01. The molecule has 0 radical (unpaired) electrons. The fourth-order valence-electron chi connectivity index (χ4n) is 2.62. The van der Waals surface area contributed by atoms with E-state index in [1.165, 1.54) is 22.9 Å². The number of fused-ring (bicyclic) bond motifs is 1. The Bertz CT molecular complexity index is 518. The predicted molar refractivity (Wildman–Crippen MR) is 71.1 cm³/mol. The van der Waals surface area contributed by atoms with Gasteiger partial charge in [-0.05, 0) is 36.4 Å². The van der Waals surface area contributed by atoms with Gasteiger partial charge in [0.1, 0.15) is 0 Å². The van der Waals surface area contributed by atoms with Gasteiger partial charge in [-0.1, -0.05) is 12.1 Å². The third-order valence-corrected chi connectivity index (χ3v) is 3.62. The lowest BCUT2D eigenvalue weighted by atomic mass is 10.1. The highest BCUT2D eigenvalue weighted by molar-refractivity contribution is 5.93. The Labute approximate surface area is 101 Å². The first-order valence-corrected chi connectivity index (χ1v) is 6.16. The van der Waals surface area contributed by atoms with Crippen LogP contribution in [-0.2, 0) is 0 Å². The summed E-state index contributed by atoms with van der Waals surface area (Å²) in [5.41, 5.74) is 7.05. The molecule has 1 fully saturated rings. The van der Waals surface area contributed by atoms with Crippen molar-refractivity contribution in [3.8, 4) is 0 Å². The number of pyridine rings is 1. The second kappa shape index (κ2) is 4.34. The first-order valence-electron chi connectivity index (χ1n) is 6.16. The van der Waals surface area contributed by atoms with Gasteiger partial charge in [0, 0.05) is 36.6 Å². The molecule has 0 amide bonds. The molecule has 1 unspecified atom stereocenters. The third kappa shape index (κ3) is 1.87. The van der Waals surface area contributed by atoms with Gasteiger partial charge in [-0.3, -0.25) is 4.98 Å². The van der Waals surface area contributed by atoms with E-state index in [0.717, 1.165) is 19.6 Å². The molecule has 1 aliphatic heterocycles. The molecule has 1 saturated heterocycles. The molecule has 2 N–H and O–H groups in total. The van der Waals surface area contributed by atoms with Crippen molar-refractivity contribution in [1.82, 2.24) is 4.98 Å². The first kappa shape index (κ1) is 10.5. The fourth-order valence-corrected chi connectivity index (χ4v) is 2.62. The van der Waals surface area contributed by atoms with Crippen LogP contribution < -0.4 is 10.6 Å². The van der Waals surface area contributed by atoms with Crippen molar-refractivity contribution in [2.24, 2.45) is 11.7 Å². The topological polar surface area (TPSA) is 42.1 Å². The molecule has 2 heterocycles. The smallest absolute Gasteiger partial charge is 0.0461 e. The van der Waals surface area contributed by atoms with Crippen molar-refractivity contribution in [2.75, 3.05) is 24.5 Å². The number of nitrogens with two attached hydrogens (primary N) is 1. The molecule has 1 atom stereocenters. The number of rotatable bonds is 2. The van der Waals surface area contributed by atoms with Gasteiger partial charge in [0.15, 0.2) is 0 Å². The summed E-state index contributed by atoms with van der Waals surface area (Å²) in [7, 11) is 0. The molecule has 3 heteroatoms. The summed E-state index contributed by atoms with van der Waals surface area (Å²) in [4.78, 5) is 6.66. The van der Waals surface area contributed by atoms with Crippen LogP contribution in [0.15, 0.2) is 36.7 Å². The SMILES string of the molecule is NCC1CCN(c2cccc3ccncc23)C1. The maximum absolute atomic E-state index is 5.75. The number of anilines is 1. The molecular weight excluding hydrogens is 210 g/mol. The van der Waals surface area contributed by atoms with Crippen LogP contribution in [0.1, 0.15) is 6.42 Å². The van der Waals surface area contributed by atoms with Gasteiger partial charge >= 0.3 is 0 Å². The van der Waals surface area contributed by atoms with E-state index >= 15 is 0 Å². The number of hydrogen-bond acceptors (Lipinski definition) is 3. The second-order valence-electron chi connectivity index (χ2n) is 4.71. The first-order chi connectivity index (χ1) is 8.38. The normalized spacial score (nSPS) is 20.1. The molecule has 17 heavy (non-hydrogen) atoms. The molecule has 1 aromatic heterocycles. The highest BCUT2D eigenvalue weighted by Crippen LogP contribution is 2.29. The van der Waals surface area contributed by atoms with Crippen molar-refractivity contribution in [2.45, 2.75) is 6.42 Å². The zero-order chi connectivity index (χ0) is 11.7. The minimum Gasteiger partial charge on any atom is -0.371 e. The molecule has 0 saturated carbocycles. The van der Waals surface area contributed by atoms with Gasteiger partial charge in [-0.15, -0.1) is 0 Å². The van der Waals surface area contributed by atoms with Crippen LogP contribution in [0.4, 0.5) is 5.69 Å². The van der Waals surface area contributed by atoms with Crippen LogP contribution >= 0.6 is 0 Å². The average Bonchev–Trinajstić information content (AvgIpc) is 2.87. The predicted octanol–water partition coefficient (Wildman–Crippen LogP) is 2.02. The Hall–Kier alpha value is -1.61. The Kier molecular flexibility index (Phi) is 2.69. The Morgan fingerprint density at radius 3 is 3.12 bits per heavy atom. The van der Waals surface area contributed by atoms with Crippen LogP contribution in [0.2, 0.25) is 0 Å².